The third-order valence-electron chi connectivity index (χ3n) is 2.85. The van der Waals surface area contributed by atoms with Crippen LogP contribution in [-0.2, 0) is 9.53 Å². The molecule has 0 aliphatic carbocycles. The van der Waals surface area contributed by atoms with E-state index in [0.717, 1.165) is 0 Å². The zero-order valence-corrected chi connectivity index (χ0v) is 11.2. The molecule has 0 radical (unpaired) electrons. The second-order valence-electron chi connectivity index (χ2n) is 4.11. The molecule has 0 saturated carbocycles. The molecule has 0 aliphatic heterocycles. The van der Waals surface area contributed by atoms with Crippen molar-refractivity contribution in [2.45, 2.75) is 24.0 Å². The average Bonchev–Trinajstić information content (AvgIpc) is 2.29. The monoisotopic (exact) mass is 240 g/mol. The fourth-order valence-corrected chi connectivity index (χ4v) is 3.29. The highest BCUT2D eigenvalue weighted by molar-refractivity contribution is 8.33. The number of hydrogen-bond donors (Lipinski definition) is 0. The smallest absolute Gasteiger partial charge is 0.317 e. The molecule has 0 bridgehead atoms. The molecule has 90 valence electrons. The first-order valence-corrected chi connectivity index (χ1v) is 7.95. The Kier molecular flexibility index (Phi) is 4.42. The summed E-state index contributed by atoms with van der Waals surface area (Å²) in [7, 11) is -1.13. The van der Waals surface area contributed by atoms with Crippen LogP contribution in [0.5, 0.6) is 0 Å². The Bertz CT molecular complexity index is 346. The van der Waals surface area contributed by atoms with Gasteiger partial charge in [-0.25, -0.2) is 10.0 Å². The molecule has 0 spiro atoms. The summed E-state index contributed by atoms with van der Waals surface area (Å²) in [5.41, 5.74) is 0. The zero-order valence-electron chi connectivity index (χ0n) is 10.4. The van der Waals surface area contributed by atoms with E-state index in [1.54, 1.807) is 0 Å². The van der Waals surface area contributed by atoms with E-state index in [2.05, 4.69) is 24.6 Å². The van der Waals surface area contributed by atoms with Crippen molar-refractivity contribution < 1.29 is 9.53 Å². The molecule has 16 heavy (non-hydrogen) atoms. The molecule has 3 heteroatoms. The highest BCUT2D eigenvalue weighted by Crippen LogP contribution is 2.53. The van der Waals surface area contributed by atoms with Gasteiger partial charge in [0.25, 0.3) is 0 Å². The van der Waals surface area contributed by atoms with Crippen LogP contribution >= 0.6 is 10.0 Å². The van der Waals surface area contributed by atoms with Gasteiger partial charge in [-0.3, -0.25) is 4.79 Å². The lowest BCUT2D eigenvalue weighted by Crippen LogP contribution is -2.25. The van der Waals surface area contributed by atoms with Crippen LogP contribution in [0.15, 0.2) is 35.2 Å². The topological polar surface area (TPSA) is 26.3 Å². The molecule has 1 rings (SSSR count). The van der Waals surface area contributed by atoms with E-state index in [4.69, 9.17) is 4.74 Å². The Morgan fingerprint density at radius 3 is 2.38 bits per heavy atom. The Labute approximate surface area is 99.3 Å². The standard InChI is InChI=1S/C13H20O2S/c1-5-15-13(14)11(2)16(3,4)12-9-7-6-8-10-12/h6-11H,5H2,1-4H3/t11-/m1/s1. The Morgan fingerprint density at radius 2 is 1.88 bits per heavy atom. The van der Waals surface area contributed by atoms with Crippen molar-refractivity contribution in [1.29, 1.82) is 0 Å². The second kappa shape index (κ2) is 5.39. The van der Waals surface area contributed by atoms with Crippen LogP contribution in [0.2, 0.25) is 0 Å². The van der Waals surface area contributed by atoms with Crippen molar-refractivity contribution in [3.63, 3.8) is 0 Å². The lowest BCUT2D eigenvalue weighted by atomic mass is 10.4. The van der Waals surface area contributed by atoms with Gasteiger partial charge in [0.2, 0.25) is 0 Å². The van der Waals surface area contributed by atoms with Crippen molar-refractivity contribution in [2.24, 2.45) is 0 Å². The number of carbonyl (C=O) groups excluding carboxylic acids is 1. The van der Waals surface area contributed by atoms with Crippen molar-refractivity contribution in [3.8, 4) is 0 Å². The minimum absolute atomic E-state index is 0.0603. The van der Waals surface area contributed by atoms with E-state index in [1.807, 2.05) is 32.0 Å². The number of carbonyl (C=O) groups is 1. The third kappa shape index (κ3) is 2.79. The zero-order chi connectivity index (χ0) is 12.2. The SMILES string of the molecule is CCOC(=O)[C@@H](C)S(C)(C)c1ccccc1. The van der Waals surface area contributed by atoms with Crippen molar-refractivity contribution in [1.82, 2.24) is 0 Å². The quantitative estimate of drug-likeness (QED) is 0.756. The number of esters is 1. The highest BCUT2D eigenvalue weighted by Gasteiger charge is 2.29. The first kappa shape index (κ1) is 13.1. The molecule has 0 aromatic heterocycles. The number of benzene rings is 1. The lowest BCUT2D eigenvalue weighted by Gasteiger charge is -2.36. The molecule has 0 heterocycles. The van der Waals surface area contributed by atoms with Crippen LogP contribution in [0.25, 0.3) is 0 Å². The highest BCUT2D eigenvalue weighted by atomic mass is 32.3. The summed E-state index contributed by atoms with van der Waals surface area (Å²) in [5.74, 6) is -0.0913. The van der Waals surface area contributed by atoms with Gasteiger partial charge in [0.05, 0.1) is 11.9 Å². The van der Waals surface area contributed by atoms with E-state index in [0.29, 0.717) is 6.61 Å². The fraction of sp³-hybridized carbons (Fsp3) is 0.462. The largest absolute Gasteiger partial charge is 0.465 e. The van der Waals surface area contributed by atoms with Crippen LogP contribution in [0, 0.1) is 0 Å². The maximum Gasteiger partial charge on any atom is 0.317 e. The van der Waals surface area contributed by atoms with E-state index in [9.17, 15) is 4.79 Å². The molecule has 0 saturated heterocycles. The summed E-state index contributed by atoms with van der Waals surface area (Å²) in [5, 5.41) is -0.0603. The molecule has 0 amide bonds. The summed E-state index contributed by atoms with van der Waals surface area (Å²) in [4.78, 5) is 13.0. The summed E-state index contributed by atoms with van der Waals surface area (Å²) in [6.07, 6.45) is 4.31. The van der Waals surface area contributed by atoms with Gasteiger partial charge in [0.1, 0.15) is 0 Å². The minimum Gasteiger partial charge on any atom is -0.465 e. The average molecular weight is 240 g/mol. The van der Waals surface area contributed by atoms with Crippen LogP contribution in [0.3, 0.4) is 0 Å². The molecular formula is C13H20O2S. The number of ether oxygens (including phenoxy) is 1. The predicted molar refractivity (Wildman–Crippen MR) is 70.2 cm³/mol. The van der Waals surface area contributed by atoms with E-state index < -0.39 is 10.0 Å². The maximum absolute atomic E-state index is 11.8. The van der Waals surface area contributed by atoms with Gasteiger partial charge in [0, 0.05) is 0 Å². The number of hydrogen-bond acceptors (Lipinski definition) is 2. The number of rotatable bonds is 4. The molecule has 1 aromatic carbocycles. The van der Waals surface area contributed by atoms with Gasteiger partial charge < -0.3 is 4.74 Å². The fourth-order valence-electron chi connectivity index (χ4n) is 1.48. The van der Waals surface area contributed by atoms with Crippen molar-refractivity contribution in [2.75, 3.05) is 19.1 Å². The van der Waals surface area contributed by atoms with Gasteiger partial charge >= 0.3 is 5.97 Å². The van der Waals surface area contributed by atoms with Gasteiger partial charge in [-0.05, 0) is 31.3 Å². The van der Waals surface area contributed by atoms with E-state index in [-0.39, 0.29) is 11.2 Å². The maximum atomic E-state index is 11.8. The summed E-state index contributed by atoms with van der Waals surface area (Å²) in [6, 6.07) is 10.2. The molecule has 1 aromatic rings. The van der Waals surface area contributed by atoms with E-state index in [1.165, 1.54) is 4.90 Å². The molecule has 0 unspecified atom stereocenters. The summed E-state index contributed by atoms with van der Waals surface area (Å²) < 4.78 is 5.09. The van der Waals surface area contributed by atoms with Crippen LogP contribution in [-0.4, -0.2) is 30.3 Å². The van der Waals surface area contributed by atoms with E-state index >= 15 is 0 Å². The minimum atomic E-state index is -1.13. The Morgan fingerprint density at radius 1 is 1.31 bits per heavy atom. The Balaban J connectivity index is 2.89. The van der Waals surface area contributed by atoms with Crippen LogP contribution in [0.4, 0.5) is 0 Å². The second-order valence-corrected chi connectivity index (χ2v) is 8.10. The normalized spacial score (nSPS) is 14.2. The van der Waals surface area contributed by atoms with Gasteiger partial charge in [-0.15, -0.1) is 0 Å². The molecule has 0 fully saturated rings. The van der Waals surface area contributed by atoms with Crippen molar-refractivity contribution in [3.05, 3.63) is 30.3 Å². The molecule has 0 aliphatic rings. The van der Waals surface area contributed by atoms with Gasteiger partial charge in [0.15, 0.2) is 0 Å². The van der Waals surface area contributed by atoms with Crippen molar-refractivity contribution >= 4 is 16.0 Å². The molecule has 1 atom stereocenters. The third-order valence-corrected chi connectivity index (χ3v) is 6.30. The summed E-state index contributed by atoms with van der Waals surface area (Å²) in [6.45, 7) is 4.25. The van der Waals surface area contributed by atoms with Gasteiger partial charge in [-0.2, -0.15) is 0 Å². The first-order valence-electron chi connectivity index (χ1n) is 5.44. The van der Waals surface area contributed by atoms with Crippen LogP contribution < -0.4 is 0 Å². The predicted octanol–water partition coefficient (Wildman–Crippen LogP) is 3.06. The Hall–Kier alpha value is -0.960. The molecular weight excluding hydrogens is 220 g/mol. The molecule has 0 N–H and O–H groups in total. The molecule has 2 nitrogen and oxygen atoms in total. The first-order chi connectivity index (χ1) is 7.50. The summed E-state index contributed by atoms with van der Waals surface area (Å²) >= 11 is 0. The lowest BCUT2D eigenvalue weighted by molar-refractivity contribution is -0.142. The van der Waals surface area contributed by atoms with Gasteiger partial charge in [-0.1, -0.05) is 30.3 Å². The van der Waals surface area contributed by atoms with Crippen LogP contribution in [0.1, 0.15) is 13.8 Å².